The highest BCUT2D eigenvalue weighted by atomic mass is 32.1. The molecule has 0 bridgehead atoms. The molecule has 0 saturated heterocycles. The smallest absolute Gasteiger partial charge is 0.364 e. The topological polar surface area (TPSA) is 37.9 Å². The zero-order chi connectivity index (χ0) is 13.1. The van der Waals surface area contributed by atoms with E-state index < -0.39 is 12.8 Å². The van der Waals surface area contributed by atoms with Crippen molar-refractivity contribution >= 4 is 12.2 Å². The molecule has 1 heterocycles. The van der Waals surface area contributed by atoms with Gasteiger partial charge in [0.2, 0.25) is 0 Å². The molecule has 17 heavy (non-hydrogen) atoms. The number of H-pyrrole nitrogens is 1. The largest absolute Gasteiger partial charge is 0.411 e. The molecule has 0 radical (unpaired) electrons. The molecule has 1 aromatic heterocycles. The number of nitrogens with zero attached hydrogens (tertiary/aromatic N) is 1. The number of hydrogen-bond donors (Lipinski definition) is 1. The fraction of sp³-hybridized carbons (Fsp3) is 0.600. The first kappa shape index (κ1) is 14.1. The van der Waals surface area contributed by atoms with Gasteiger partial charge < -0.3 is 9.72 Å². The minimum Gasteiger partial charge on any atom is -0.364 e. The van der Waals surface area contributed by atoms with Crippen molar-refractivity contribution in [2.24, 2.45) is 0 Å². The van der Waals surface area contributed by atoms with E-state index in [0.717, 1.165) is 5.69 Å². The Hall–Kier alpha value is -0.950. The Morgan fingerprint density at radius 3 is 2.65 bits per heavy atom. The van der Waals surface area contributed by atoms with Crippen LogP contribution in [0.1, 0.15) is 31.3 Å². The van der Waals surface area contributed by atoms with Gasteiger partial charge in [0.25, 0.3) is 0 Å². The van der Waals surface area contributed by atoms with Crippen molar-refractivity contribution in [3.05, 3.63) is 22.2 Å². The first-order valence-electron chi connectivity index (χ1n) is 5.02. The van der Waals surface area contributed by atoms with Crippen molar-refractivity contribution in [2.45, 2.75) is 32.5 Å². The van der Waals surface area contributed by atoms with E-state index in [1.807, 2.05) is 13.8 Å². The van der Waals surface area contributed by atoms with Gasteiger partial charge in [-0.1, -0.05) is 26.1 Å². The number of halogens is 3. The SMILES string of the molecule is CC(C)c1cc(=S)nc(COCC(F)(F)F)[nH]1. The highest BCUT2D eigenvalue weighted by Crippen LogP contribution is 2.16. The summed E-state index contributed by atoms with van der Waals surface area (Å²) < 4.78 is 40.5. The van der Waals surface area contributed by atoms with Crippen LogP contribution in [-0.4, -0.2) is 22.8 Å². The van der Waals surface area contributed by atoms with Crippen molar-refractivity contribution < 1.29 is 17.9 Å². The second-order valence-electron chi connectivity index (χ2n) is 3.88. The normalized spacial score (nSPS) is 12.1. The number of alkyl halides is 3. The minimum atomic E-state index is -4.33. The maximum Gasteiger partial charge on any atom is 0.411 e. The molecule has 1 N–H and O–H groups in total. The van der Waals surface area contributed by atoms with Gasteiger partial charge in [-0.05, 0) is 12.0 Å². The van der Waals surface area contributed by atoms with Crippen molar-refractivity contribution in [1.82, 2.24) is 9.97 Å². The molecule has 0 fully saturated rings. The molecule has 1 aromatic rings. The summed E-state index contributed by atoms with van der Waals surface area (Å²) >= 11 is 4.92. The van der Waals surface area contributed by atoms with E-state index in [9.17, 15) is 13.2 Å². The van der Waals surface area contributed by atoms with Crippen molar-refractivity contribution in [3.63, 3.8) is 0 Å². The lowest BCUT2D eigenvalue weighted by molar-refractivity contribution is -0.177. The number of rotatable bonds is 4. The summed E-state index contributed by atoms with van der Waals surface area (Å²) in [4.78, 5) is 6.80. The molecule has 1 rings (SSSR count). The van der Waals surface area contributed by atoms with E-state index in [4.69, 9.17) is 12.2 Å². The molecule has 0 unspecified atom stereocenters. The molecule has 0 aliphatic rings. The Bertz CT molecular complexity index is 428. The van der Waals surface area contributed by atoms with E-state index in [-0.39, 0.29) is 12.5 Å². The van der Waals surface area contributed by atoms with Gasteiger partial charge in [0.05, 0.1) is 0 Å². The van der Waals surface area contributed by atoms with E-state index >= 15 is 0 Å². The molecule has 96 valence electrons. The Kier molecular flexibility index (Phi) is 4.64. The van der Waals surface area contributed by atoms with Crippen molar-refractivity contribution in [2.75, 3.05) is 6.61 Å². The first-order valence-corrected chi connectivity index (χ1v) is 5.43. The van der Waals surface area contributed by atoms with Crippen LogP contribution in [0.2, 0.25) is 0 Å². The average molecular weight is 266 g/mol. The maximum absolute atomic E-state index is 11.9. The maximum atomic E-state index is 11.9. The average Bonchev–Trinajstić information content (AvgIpc) is 2.14. The van der Waals surface area contributed by atoms with Crippen LogP contribution in [0, 0.1) is 4.64 Å². The van der Waals surface area contributed by atoms with E-state index in [1.165, 1.54) is 0 Å². The molecule has 0 aliphatic heterocycles. The van der Waals surface area contributed by atoms with Crippen molar-refractivity contribution in [3.8, 4) is 0 Å². The quantitative estimate of drug-likeness (QED) is 0.849. The molecule has 0 spiro atoms. The molecule has 3 nitrogen and oxygen atoms in total. The zero-order valence-corrected chi connectivity index (χ0v) is 10.3. The fourth-order valence-electron chi connectivity index (χ4n) is 1.17. The van der Waals surface area contributed by atoms with Crippen LogP contribution in [0.15, 0.2) is 6.07 Å². The van der Waals surface area contributed by atoms with Gasteiger partial charge >= 0.3 is 6.18 Å². The van der Waals surface area contributed by atoms with Crippen LogP contribution in [0.25, 0.3) is 0 Å². The number of ether oxygens (including phenoxy) is 1. The second-order valence-corrected chi connectivity index (χ2v) is 4.30. The highest BCUT2D eigenvalue weighted by molar-refractivity contribution is 7.71. The molecule has 0 amide bonds. The van der Waals surface area contributed by atoms with Gasteiger partial charge in [-0.25, -0.2) is 4.98 Å². The van der Waals surface area contributed by atoms with Crippen LogP contribution in [0.4, 0.5) is 13.2 Å². The Morgan fingerprint density at radius 1 is 1.47 bits per heavy atom. The summed E-state index contributed by atoms with van der Waals surface area (Å²) in [6, 6.07) is 1.69. The number of aromatic nitrogens is 2. The van der Waals surface area contributed by atoms with Crippen LogP contribution in [-0.2, 0) is 11.3 Å². The molecular formula is C10H13F3N2OS. The number of aromatic amines is 1. The summed E-state index contributed by atoms with van der Waals surface area (Å²) in [5, 5.41) is 0. The zero-order valence-electron chi connectivity index (χ0n) is 9.47. The lowest BCUT2D eigenvalue weighted by Crippen LogP contribution is -2.17. The van der Waals surface area contributed by atoms with Crippen molar-refractivity contribution in [1.29, 1.82) is 0 Å². The van der Waals surface area contributed by atoms with Gasteiger partial charge in [-0.3, -0.25) is 0 Å². The van der Waals surface area contributed by atoms with Gasteiger partial charge in [0, 0.05) is 5.69 Å². The third kappa shape index (κ3) is 5.27. The molecule has 7 heteroatoms. The third-order valence-electron chi connectivity index (χ3n) is 1.94. The summed E-state index contributed by atoms with van der Waals surface area (Å²) in [6.07, 6.45) is -4.33. The third-order valence-corrected chi connectivity index (χ3v) is 2.15. The minimum absolute atomic E-state index is 0.195. The highest BCUT2D eigenvalue weighted by Gasteiger charge is 2.27. The van der Waals surface area contributed by atoms with Gasteiger partial charge in [-0.15, -0.1) is 0 Å². The predicted molar refractivity (Wildman–Crippen MR) is 59.2 cm³/mol. The summed E-state index contributed by atoms with van der Waals surface area (Å²) in [6.45, 7) is 2.37. The van der Waals surface area contributed by atoms with Gasteiger partial charge in [-0.2, -0.15) is 13.2 Å². The molecular weight excluding hydrogens is 253 g/mol. The van der Waals surface area contributed by atoms with Crippen LogP contribution < -0.4 is 0 Å². The lowest BCUT2D eigenvalue weighted by Gasteiger charge is -2.10. The van der Waals surface area contributed by atoms with Crippen LogP contribution in [0.3, 0.4) is 0 Å². The summed E-state index contributed by atoms with van der Waals surface area (Å²) in [5.41, 5.74) is 0.829. The van der Waals surface area contributed by atoms with Crippen LogP contribution >= 0.6 is 12.2 Å². The summed E-state index contributed by atoms with van der Waals surface area (Å²) in [5.74, 6) is 0.506. The predicted octanol–water partition coefficient (Wildman–Crippen LogP) is 3.34. The Balaban J connectivity index is 2.68. The molecule has 0 aliphatic carbocycles. The van der Waals surface area contributed by atoms with Crippen LogP contribution in [0.5, 0.6) is 0 Å². The van der Waals surface area contributed by atoms with E-state index in [0.29, 0.717) is 10.5 Å². The standard InChI is InChI=1S/C10H13F3N2OS/c1-6(2)7-3-9(17)15-8(14-7)4-16-5-10(11,12)13/h3,6H,4-5H2,1-2H3,(H,14,15,17). The van der Waals surface area contributed by atoms with E-state index in [2.05, 4.69) is 14.7 Å². The van der Waals surface area contributed by atoms with Gasteiger partial charge in [0.1, 0.15) is 23.7 Å². The fourth-order valence-corrected chi connectivity index (χ4v) is 1.41. The molecule has 0 aromatic carbocycles. The van der Waals surface area contributed by atoms with E-state index in [1.54, 1.807) is 6.07 Å². The number of hydrogen-bond acceptors (Lipinski definition) is 3. The Morgan fingerprint density at radius 2 is 2.12 bits per heavy atom. The molecule has 0 saturated carbocycles. The Labute approximate surface area is 102 Å². The van der Waals surface area contributed by atoms with Gasteiger partial charge in [0.15, 0.2) is 0 Å². The monoisotopic (exact) mass is 266 g/mol. The lowest BCUT2D eigenvalue weighted by atomic mass is 10.1. The number of nitrogens with one attached hydrogen (secondary N) is 1. The molecule has 0 atom stereocenters. The summed E-state index contributed by atoms with van der Waals surface area (Å²) in [7, 11) is 0. The first-order chi connectivity index (χ1) is 7.78. The second kappa shape index (κ2) is 5.59.